The highest BCUT2D eigenvalue weighted by atomic mass is 16.5. The minimum atomic E-state index is 0.593. The summed E-state index contributed by atoms with van der Waals surface area (Å²) < 4.78 is 11.2. The number of furan rings is 1. The standard InChI is InChI=1S/C20H20N2O2/c1-2-18-19-7-5-15(13-21)12-16(19)6-8-20(18)24-11-9-22-14-17-4-3-10-23-17/h3-8,10,12,22H,2,9,11,14H2,1H3. The first kappa shape index (κ1) is 16.1. The van der Waals surface area contributed by atoms with Crippen LogP contribution in [0.15, 0.2) is 53.1 Å². The van der Waals surface area contributed by atoms with Crippen molar-refractivity contribution in [3.05, 3.63) is 65.6 Å². The first-order valence-electron chi connectivity index (χ1n) is 8.13. The van der Waals surface area contributed by atoms with Crippen LogP contribution in [0.5, 0.6) is 5.75 Å². The summed E-state index contributed by atoms with van der Waals surface area (Å²) in [7, 11) is 0. The van der Waals surface area contributed by atoms with Crippen molar-refractivity contribution in [1.82, 2.24) is 5.32 Å². The van der Waals surface area contributed by atoms with E-state index in [0.717, 1.165) is 35.2 Å². The van der Waals surface area contributed by atoms with Crippen LogP contribution >= 0.6 is 0 Å². The van der Waals surface area contributed by atoms with Crippen LogP contribution in [-0.2, 0) is 13.0 Å². The molecule has 1 heterocycles. The number of hydrogen-bond donors (Lipinski definition) is 1. The summed E-state index contributed by atoms with van der Waals surface area (Å²) in [5.74, 6) is 1.83. The average molecular weight is 320 g/mol. The van der Waals surface area contributed by atoms with Gasteiger partial charge in [-0.2, -0.15) is 5.26 Å². The lowest BCUT2D eigenvalue weighted by Crippen LogP contribution is -2.20. The minimum Gasteiger partial charge on any atom is -0.492 e. The maximum atomic E-state index is 9.03. The van der Waals surface area contributed by atoms with Gasteiger partial charge >= 0.3 is 0 Å². The van der Waals surface area contributed by atoms with Crippen molar-refractivity contribution in [1.29, 1.82) is 5.26 Å². The number of rotatable bonds is 7. The van der Waals surface area contributed by atoms with Gasteiger partial charge in [0, 0.05) is 12.1 Å². The summed E-state index contributed by atoms with van der Waals surface area (Å²) in [6, 6.07) is 15.8. The number of nitriles is 1. The summed E-state index contributed by atoms with van der Waals surface area (Å²) in [5, 5.41) is 14.5. The number of hydrogen-bond acceptors (Lipinski definition) is 4. The average Bonchev–Trinajstić information content (AvgIpc) is 3.14. The molecule has 3 aromatic rings. The second kappa shape index (κ2) is 7.67. The predicted octanol–water partition coefficient (Wildman–Crippen LogP) is 4.04. The van der Waals surface area contributed by atoms with E-state index in [1.165, 1.54) is 5.56 Å². The highest BCUT2D eigenvalue weighted by Gasteiger charge is 2.08. The van der Waals surface area contributed by atoms with Crippen molar-refractivity contribution in [2.24, 2.45) is 0 Å². The van der Waals surface area contributed by atoms with Crippen LogP contribution < -0.4 is 10.1 Å². The van der Waals surface area contributed by atoms with Gasteiger partial charge in [-0.25, -0.2) is 0 Å². The molecule has 4 nitrogen and oxygen atoms in total. The molecule has 1 aromatic heterocycles. The molecule has 0 saturated heterocycles. The number of nitrogens with one attached hydrogen (secondary N) is 1. The molecule has 24 heavy (non-hydrogen) atoms. The molecule has 2 aromatic carbocycles. The molecule has 0 radical (unpaired) electrons. The van der Waals surface area contributed by atoms with E-state index in [9.17, 15) is 0 Å². The van der Waals surface area contributed by atoms with E-state index in [0.29, 0.717) is 18.7 Å². The molecule has 0 spiro atoms. The van der Waals surface area contributed by atoms with Gasteiger partial charge in [0.2, 0.25) is 0 Å². The Hall–Kier alpha value is -2.77. The van der Waals surface area contributed by atoms with Crippen LogP contribution in [0.1, 0.15) is 23.8 Å². The maximum Gasteiger partial charge on any atom is 0.123 e. The highest BCUT2D eigenvalue weighted by molar-refractivity contribution is 5.88. The summed E-state index contributed by atoms with van der Waals surface area (Å²) in [4.78, 5) is 0. The van der Waals surface area contributed by atoms with Gasteiger partial charge in [-0.05, 0) is 47.5 Å². The molecule has 0 saturated carbocycles. The fraction of sp³-hybridized carbons (Fsp3) is 0.250. The van der Waals surface area contributed by atoms with Crippen molar-refractivity contribution < 1.29 is 9.15 Å². The van der Waals surface area contributed by atoms with Crippen LogP contribution in [0.2, 0.25) is 0 Å². The van der Waals surface area contributed by atoms with Crippen LogP contribution in [0, 0.1) is 11.3 Å². The molecule has 1 N–H and O–H groups in total. The number of aryl methyl sites for hydroxylation is 1. The van der Waals surface area contributed by atoms with E-state index in [4.69, 9.17) is 14.4 Å². The molecule has 3 rings (SSSR count). The quantitative estimate of drug-likeness (QED) is 0.668. The van der Waals surface area contributed by atoms with Gasteiger partial charge < -0.3 is 14.5 Å². The van der Waals surface area contributed by atoms with Crippen molar-refractivity contribution >= 4 is 10.8 Å². The van der Waals surface area contributed by atoms with Gasteiger partial charge in [0.25, 0.3) is 0 Å². The van der Waals surface area contributed by atoms with E-state index >= 15 is 0 Å². The Balaban J connectivity index is 1.64. The first-order valence-corrected chi connectivity index (χ1v) is 8.13. The number of fused-ring (bicyclic) bond motifs is 1. The zero-order valence-corrected chi connectivity index (χ0v) is 13.7. The number of ether oxygens (including phenoxy) is 1. The van der Waals surface area contributed by atoms with Gasteiger partial charge in [-0.1, -0.05) is 19.1 Å². The van der Waals surface area contributed by atoms with Crippen LogP contribution in [0.3, 0.4) is 0 Å². The molecule has 122 valence electrons. The zero-order chi connectivity index (χ0) is 16.8. The molecule has 0 aliphatic rings. The number of nitrogens with zero attached hydrogens (tertiary/aromatic N) is 1. The summed E-state index contributed by atoms with van der Waals surface area (Å²) in [5.41, 5.74) is 1.86. The van der Waals surface area contributed by atoms with Gasteiger partial charge in [0.1, 0.15) is 18.1 Å². The second-order valence-electron chi connectivity index (χ2n) is 5.55. The molecular formula is C20H20N2O2. The summed E-state index contributed by atoms with van der Waals surface area (Å²) in [6.07, 6.45) is 2.56. The Morgan fingerprint density at radius 2 is 2.12 bits per heavy atom. The summed E-state index contributed by atoms with van der Waals surface area (Å²) >= 11 is 0. The molecule has 0 amide bonds. The molecule has 0 fully saturated rings. The molecular weight excluding hydrogens is 300 g/mol. The van der Waals surface area contributed by atoms with E-state index < -0.39 is 0 Å². The third kappa shape index (κ3) is 3.58. The smallest absolute Gasteiger partial charge is 0.123 e. The van der Waals surface area contributed by atoms with Gasteiger partial charge in [0.15, 0.2) is 0 Å². The highest BCUT2D eigenvalue weighted by Crippen LogP contribution is 2.29. The molecule has 0 aliphatic carbocycles. The largest absolute Gasteiger partial charge is 0.492 e. The minimum absolute atomic E-state index is 0.593. The predicted molar refractivity (Wildman–Crippen MR) is 94.0 cm³/mol. The zero-order valence-electron chi connectivity index (χ0n) is 13.7. The van der Waals surface area contributed by atoms with E-state index in [-0.39, 0.29) is 0 Å². The Labute approximate surface area is 141 Å². The monoisotopic (exact) mass is 320 g/mol. The fourth-order valence-corrected chi connectivity index (χ4v) is 2.80. The molecule has 0 atom stereocenters. The topological polar surface area (TPSA) is 58.2 Å². The SMILES string of the molecule is CCc1c(OCCNCc2ccco2)ccc2cc(C#N)ccc12. The van der Waals surface area contributed by atoms with Crippen molar-refractivity contribution in [2.75, 3.05) is 13.2 Å². The van der Waals surface area contributed by atoms with Crippen LogP contribution in [-0.4, -0.2) is 13.2 Å². The lowest BCUT2D eigenvalue weighted by atomic mass is 10.00. The molecule has 0 unspecified atom stereocenters. The first-order chi connectivity index (χ1) is 11.8. The fourth-order valence-electron chi connectivity index (χ4n) is 2.80. The third-order valence-corrected chi connectivity index (χ3v) is 3.99. The Morgan fingerprint density at radius 1 is 1.21 bits per heavy atom. The lowest BCUT2D eigenvalue weighted by molar-refractivity contribution is 0.308. The second-order valence-corrected chi connectivity index (χ2v) is 5.55. The Bertz CT molecular complexity index is 848. The Morgan fingerprint density at radius 3 is 2.88 bits per heavy atom. The third-order valence-electron chi connectivity index (χ3n) is 3.99. The van der Waals surface area contributed by atoms with Gasteiger partial charge in [-0.15, -0.1) is 0 Å². The summed E-state index contributed by atoms with van der Waals surface area (Å²) in [6.45, 7) is 4.16. The van der Waals surface area contributed by atoms with Gasteiger partial charge in [0.05, 0.1) is 24.4 Å². The van der Waals surface area contributed by atoms with E-state index in [1.54, 1.807) is 6.26 Å². The molecule has 0 aliphatic heterocycles. The maximum absolute atomic E-state index is 9.03. The van der Waals surface area contributed by atoms with Gasteiger partial charge in [-0.3, -0.25) is 0 Å². The van der Waals surface area contributed by atoms with Crippen molar-refractivity contribution in [3.8, 4) is 11.8 Å². The lowest BCUT2D eigenvalue weighted by Gasteiger charge is -2.13. The normalized spacial score (nSPS) is 10.7. The van der Waals surface area contributed by atoms with Crippen molar-refractivity contribution in [3.63, 3.8) is 0 Å². The van der Waals surface area contributed by atoms with E-state index in [1.807, 2.05) is 42.5 Å². The van der Waals surface area contributed by atoms with Crippen molar-refractivity contribution in [2.45, 2.75) is 19.9 Å². The Kier molecular flexibility index (Phi) is 5.15. The van der Waals surface area contributed by atoms with Crippen LogP contribution in [0.25, 0.3) is 10.8 Å². The molecule has 0 bridgehead atoms. The van der Waals surface area contributed by atoms with E-state index in [2.05, 4.69) is 18.3 Å². The number of benzene rings is 2. The van der Waals surface area contributed by atoms with Crippen LogP contribution in [0.4, 0.5) is 0 Å². The molecule has 4 heteroatoms.